The molecule has 0 fully saturated rings. The van der Waals surface area contributed by atoms with Gasteiger partial charge in [0, 0.05) is 5.02 Å². The first kappa shape index (κ1) is 15.1. The van der Waals surface area contributed by atoms with Gasteiger partial charge in [0.25, 0.3) is 0 Å². The fraction of sp³-hybridized carbons (Fsp3) is 0.333. The Morgan fingerprint density at radius 1 is 1.15 bits per heavy atom. The number of hydrogen-bond acceptors (Lipinski definition) is 3. The Morgan fingerprint density at radius 2 is 1.95 bits per heavy atom. The van der Waals surface area contributed by atoms with Crippen LogP contribution in [0.25, 0.3) is 0 Å². The van der Waals surface area contributed by atoms with Gasteiger partial charge in [-0.3, -0.25) is 0 Å². The molecule has 1 heterocycles. The first-order valence-corrected chi connectivity index (χ1v) is 7.37. The van der Waals surface area contributed by atoms with Gasteiger partial charge in [0.05, 0.1) is 5.56 Å². The standard InChI is InChI=1S/C15H16Cl2N2O/c1-3-5-12-14(17)18-9-19-15(12)20-11-6-7-13(16)10(4-2)8-11/h6-9H,3-5H2,1-2H3. The van der Waals surface area contributed by atoms with Gasteiger partial charge in [-0.15, -0.1) is 0 Å². The topological polar surface area (TPSA) is 35.0 Å². The van der Waals surface area contributed by atoms with Gasteiger partial charge in [-0.25, -0.2) is 9.97 Å². The third-order valence-corrected chi connectivity index (χ3v) is 3.66. The van der Waals surface area contributed by atoms with Crippen LogP contribution in [0.2, 0.25) is 10.2 Å². The van der Waals surface area contributed by atoms with E-state index in [4.69, 9.17) is 27.9 Å². The Labute approximate surface area is 128 Å². The number of ether oxygens (including phenoxy) is 1. The van der Waals surface area contributed by atoms with Crippen LogP contribution >= 0.6 is 23.2 Å². The second-order valence-corrected chi connectivity index (χ2v) is 5.17. The summed E-state index contributed by atoms with van der Waals surface area (Å²) < 4.78 is 5.85. The van der Waals surface area contributed by atoms with Crippen LogP contribution in [-0.2, 0) is 12.8 Å². The van der Waals surface area contributed by atoms with E-state index < -0.39 is 0 Å². The van der Waals surface area contributed by atoms with Crippen LogP contribution in [0.15, 0.2) is 24.5 Å². The molecule has 0 N–H and O–H groups in total. The monoisotopic (exact) mass is 310 g/mol. The van der Waals surface area contributed by atoms with E-state index in [1.165, 1.54) is 6.33 Å². The molecule has 0 atom stereocenters. The molecule has 0 radical (unpaired) electrons. The number of aromatic nitrogens is 2. The third kappa shape index (κ3) is 3.41. The lowest BCUT2D eigenvalue weighted by molar-refractivity contribution is 0.453. The number of benzene rings is 1. The van der Waals surface area contributed by atoms with E-state index >= 15 is 0 Å². The van der Waals surface area contributed by atoms with Gasteiger partial charge >= 0.3 is 0 Å². The summed E-state index contributed by atoms with van der Waals surface area (Å²) in [4.78, 5) is 8.18. The molecule has 2 aromatic rings. The molecular weight excluding hydrogens is 295 g/mol. The number of hydrogen-bond donors (Lipinski definition) is 0. The highest BCUT2D eigenvalue weighted by atomic mass is 35.5. The van der Waals surface area contributed by atoms with E-state index in [2.05, 4.69) is 23.8 Å². The van der Waals surface area contributed by atoms with Gasteiger partial charge in [0.2, 0.25) is 5.88 Å². The van der Waals surface area contributed by atoms with Crippen molar-refractivity contribution in [3.63, 3.8) is 0 Å². The molecule has 0 amide bonds. The van der Waals surface area contributed by atoms with Gasteiger partial charge in [-0.1, -0.05) is 43.5 Å². The molecule has 5 heteroatoms. The SMILES string of the molecule is CCCc1c(Cl)ncnc1Oc1ccc(Cl)c(CC)c1. The summed E-state index contributed by atoms with van der Waals surface area (Å²) in [5.74, 6) is 1.22. The number of rotatable bonds is 5. The smallest absolute Gasteiger partial charge is 0.227 e. The summed E-state index contributed by atoms with van der Waals surface area (Å²) in [5.41, 5.74) is 1.88. The molecule has 0 unspecified atom stereocenters. The predicted octanol–water partition coefficient (Wildman–Crippen LogP) is 5.09. The molecule has 1 aromatic heterocycles. The van der Waals surface area contributed by atoms with Crippen molar-refractivity contribution >= 4 is 23.2 Å². The van der Waals surface area contributed by atoms with Crippen molar-refractivity contribution in [1.29, 1.82) is 0 Å². The molecule has 0 saturated carbocycles. The minimum Gasteiger partial charge on any atom is -0.439 e. The maximum atomic E-state index is 6.11. The van der Waals surface area contributed by atoms with Gasteiger partial charge < -0.3 is 4.74 Å². The van der Waals surface area contributed by atoms with Crippen molar-refractivity contribution in [3.05, 3.63) is 45.8 Å². The average Bonchev–Trinajstić information content (AvgIpc) is 2.44. The second-order valence-electron chi connectivity index (χ2n) is 4.41. The first-order valence-electron chi connectivity index (χ1n) is 6.61. The minimum absolute atomic E-state index is 0.446. The maximum absolute atomic E-state index is 6.11. The Balaban J connectivity index is 2.32. The highest BCUT2D eigenvalue weighted by molar-refractivity contribution is 6.31. The number of aryl methyl sites for hydroxylation is 1. The molecule has 106 valence electrons. The maximum Gasteiger partial charge on any atom is 0.227 e. The molecule has 1 aromatic carbocycles. The summed E-state index contributed by atoms with van der Waals surface area (Å²) in [6.45, 7) is 4.12. The molecule has 0 saturated heterocycles. The Kier molecular flexibility index (Phi) is 5.21. The average molecular weight is 311 g/mol. The van der Waals surface area contributed by atoms with Crippen molar-refractivity contribution in [2.75, 3.05) is 0 Å². The van der Waals surface area contributed by atoms with Crippen molar-refractivity contribution < 1.29 is 4.74 Å². The fourth-order valence-electron chi connectivity index (χ4n) is 1.92. The number of nitrogens with zero attached hydrogens (tertiary/aromatic N) is 2. The van der Waals surface area contributed by atoms with Crippen LogP contribution < -0.4 is 4.74 Å². The van der Waals surface area contributed by atoms with E-state index in [-0.39, 0.29) is 0 Å². The van der Waals surface area contributed by atoms with Crippen molar-refractivity contribution in [2.45, 2.75) is 33.1 Å². The Bertz CT molecular complexity index is 602. The van der Waals surface area contributed by atoms with Gasteiger partial charge in [0.1, 0.15) is 17.2 Å². The predicted molar refractivity (Wildman–Crippen MR) is 81.9 cm³/mol. The second kappa shape index (κ2) is 6.91. The number of halogens is 2. The molecule has 0 aliphatic carbocycles. The van der Waals surface area contributed by atoms with E-state index in [9.17, 15) is 0 Å². The largest absolute Gasteiger partial charge is 0.439 e. The van der Waals surface area contributed by atoms with Crippen LogP contribution in [0.5, 0.6) is 11.6 Å². The summed E-state index contributed by atoms with van der Waals surface area (Å²) in [6, 6.07) is 5.58. The van der Waals surface area contributed by atoms with Gasteiger partial charge in [-0.05, 0) is 36.6 Å². The summed E-state index contributed by atoms with van der Waals surface area (Å²) in [7, 11) is 0. The summed E-state index contributed by atoms with van der Waals surface area (Å²) in [5, 5.41) is 1.19. The molecule has 0 bridgehead atoms. The van der Waals surface area contributed by atoms with Crippen LogP contribution in [0.4, 0.5) is 0 Å². The van der Waals surface area contributed by atoms with Crippen LogP contribution in [0.3, 0.4) is 0 Å². The molecule has 0 aliphatic rings. The zero-order valence-electron chi connectivity index (χ0n) is 11.5. The zero-order valence-corrected chi connectivity index (χ0v) is 13.0. The highest BCUT2D eigenvalue weighted by Gasteiger charge is 2.12. The van der Waals surface area contributed by atoms with Crippen molar-refractivity contribution in [3.8, 4) is 11.6 Å². The van der Waals surface area contributed by atoms with Crippen LogP contribution in [0.1, 0.15) is 31.4 Å². The highest BCUT2D eigenvalue weighted by Crippen LogP contribution is 2.30. The van der Waals surface area contributed by atoms with Gasteiger partial charge in [-0.2, -0.15) is 0 Å². The van der Waals surface area contributed by atoms with Crippen molar-refractivity contribution in [2.24, 2.45) is 0 Å². The molecular formula is C15H16Cl2N2O. The van der Waals surface area contributed by atoms with E-state index in [0.717, 1.165) is 35.4 Å². The summed E-state index contributed by atoms with van der Waals surface area (Å²) in [6.07, 6.45) is 3.99. The van der Waals surface area contributed by atoms with E-state index in [1.54, 1.807) is 0 Å². The van der Waals surface area contributed by atoms with Crippen molar-refractivity contribution in [1.82, 2.24) is 9.97 Å². The van der Waals surface area contributed by atoms with E-state index in [0.29, 0.717) is 16.8 Å². The summed E-state index contributed by atoms with van der Waals surface area (Å²) >= 11 is 12.2. The van der Waals surface area contributed by atoms with Gasteiger partial charge in [0.15, 0.2) is 0 Å². The minimum atomic E-state index is 0.446. The first-order chi connectivity index (χ1) is 9.65. The van der Waals surface area contributed by atoms with Crippen LogP contribution in [-0.4, -0.2) is 9.97 Å². The van der Waals surface area contributed by atoms with Crippen LogP contribution in [0, 0.1) is 0 Å². The quantitative estimate of drug-likeness (QED) is 0.721. The molecule has 0 aliphatic heterocycles. The Hall–Kier alpha value is -1.32. The molecule has 20 heavy (non-hydrogen) atoms. The molecule has 0 spiro atoms. The zero-order chi connectivity index (χ0) is 14.5. The van der Waals surface area contributed by atoms with E-state index in [1.807, 2.05) is 18.2 Å². The molecule has 2 rings (SSSR count). The lowest BCUT2D eigenvalue weighted by Crippen LogP contribution is -1.98. The fourth-order valence-corrected chi connectivity index (χ4v) is 2.39. The normalized spacial score (nSPS) is 10.6. The third-order valence-electron chi connectivity index (χ3n) is 2.97. The lowest BCUT2D eigenvalue weighted by Gasteiger charge is -2.11. The lowest BCUT2D eigenvalue weighted by atomic mass is 10.1. The Morgan fingerprint density at radius 3 is 2.65 bits per heavy atom. The molecule has 3 nitrogen and oxygen atoms in total.